The Hall–Kier alpha value is -0.820. The maximum absolute atomic E-state index is 10.5. The maximum Gasteiger partial charge on any atom is 0.145 e. The molecule has 0 rings (SSSR count). The number of carbonyl (C=O) groups is 1. The number of aldehydes is 1. The van der Waals surface area contributed by atoms with Crippen LogP contribution in [0.15, 0.2) is 35.5 Å². The minimum Gasteiger partial charge on any atom is -0.298 e. The monoisotopic (exact) mass is 254 g/mol. The van der Waals surface area contributed by atoms with Crippen molar-refractivity contribution in [3.8, 4) is 0 Å². The molecule has 96 valence electrons. The number of alkyl halides is 1. The summed E-state index contributed by atoms with van der Waals surface area (Å²) in [6.45, 7) is 8.24. The summed E-state index contributed by atoms with van der Waals surface area (Å²) in [5.41, 5.74) is 2.17. The highest BCUT2D eigenvalue weighted by atomic mass is 35.5. The third kappa shape index (κ3) is 8.93. The van der Waals surface area contributed by atoms with E-state index in [4.69, 9.17) is 11.6 Å². The lowest BCUT2D eigenvalue weighted by atomic mass is 9.87. The van der Waals surface area contributed by atoms with Gasteiger partial charge in [0.1, 0.15) is 6.29 Å². The Morgan fingerprint density at radius 3 is 2.41 bits per heavy atom. The summed E-state index contributed by atoms with van der Waals surface area (Å²) in [5.74, 6) is 0.574. The van der Waals surface area contributed by atoms with Gasteiger partial charge >= 0.3 is 0 Å². The van der Waals surface area contributed by atoms with Crippen LogP contribution in [-0.4, -0.2) is 12.2 Å². The second-order valence-corrected chi connectivity index (χ2v) is 5.38. The summed E-state index contributed by atoms with van der Waals surface area (Å²) in [7, 11) is 0. The van der Waals surface area contributed by atoms with Crippen LogP contribution in [0.25, 0.3) is 0 Å². The fourth-order valence-electron chi connectivity index (χ4n) is 1.32. The van der Waals surface area contributed by atoms with Crippen LogP contribution in [0.4, 0.5) is 0 Å². The van der Waals surface area contributed by atoms with Gasteiger partial charge in [-0.1, -0.05) is 43.7 Å². The highest BCUT2D eigenvalue weighted by Crippen LogP contribution is 2.24. The molecule has 0 radical (unpaired) electrons. The summed E-state index contributed by atoms with van der Waals surface area (Å²) in [6, 6.07) is 0. The zero-order chi connectivity index (χ0) is 13.3. The molecular weight excluding hydrogens is 232 g/mol. The second kappa shape index (κ2) is 8.30. The molecule has 0 aromatic heterocycles. The van der Waals surface area contributed by atoms with Gasteiger partial charge in [0.05, 0.1) is 0 Å². The fraction of sp³-hybridized carbons (Fsp3) is 0.533. The van der Waals surface area contributed by atoms with Crippen molar-refractivity contribution in [2.45, 2.75) is 40.5 Å². The van der Waals surface area contributed by atoms with E-state index in [1.54, 1.807) is 0 Å². The maximum atomic E-state index is 10.5. The molecule has 0 saturated heterocycles. The van der Waals surface area contributed by atoms with E-state index in [0.717, 1.165) is 24.7 Å². The molecule has 0 aliphatic heterocycles. The number of allylic oxidation sites excluding steroid dienone is 6. The molecule has 0 heterocycles. The van der Waals surface area contributed by atoms with Gasteiger partial charge in [-0.15, -0.1) is 11.6 Å². The van der Waals surface area contributed by atoms with Crippen LogP contribution >= 0.6 is 11.6 Å². The van der Waals surface area contributed by atoms with Crippen molar-refractivity contribution in [3.05, 3.63) is 35.5 Å². The fourth-order valence-corrected chi connectivity index (χ4v) is 1.58. The van der Waals surface area contributed by atoms with Crippen LogP contribution in [0, 0.1) is 5.41 Å². The first kappa shape index (κ1) is 16.2. The van der Waals surface area contributed by atoms with Crippen LogP contribution in [0.2, 0.25) is 0 Å². The predicted octanol–water partition coefficient (Wildman–Crippen LogP) is 4.68. The lowest BCUT2D eigenvalue weighted by Crippen LogP contribution is -2.05. The van der Waals surface area contributed by atoms with E-state index in [1.165, 1.54) is 5.57 Å². The van der Waals surface area contributed by atoms with Crippen molar-refractivity contribution in [3.63, 3.8) is 0 Å². The van der Waals surface area contributed by atoms with Gasteiger partial charge in [-0.25, -0.2) is 0 Å². The number of hydrogen-bond donors (Lipinski definition) is 0. The van der Waals surface area contributed by atoms with Gasteiger partial charge in [-0.2, -0.15) is 0 Å². The summed E-state index contributed by atoms with van der Waals surface area (Å²) in [6.07, 6.45) is 11.1. The molecule has 0 spiro atoms. The van der Waals surface area contributed by atoms with E-state index >= 15 is 0 Å². The molecule has 0 aliphatic rings. The van der Waals surface area contributed by atoms with Gasteiger partial charge in [-0.3, -0.25) is 4.79 Å². The number of halogens is 1. The molecule has 0 saturated carbocycles. The van der Waals surface area contributed by atoms with E-state index in [0.29, 0.717) is 5.88 Å². The Labute approximate surface area is 110 Å². The van der Waals surface area contributed by atoms with Crippen LogP contribution < -0.4 is 0 Å². The minimum atomic E-state index is 0.0888. The molecule has 1 nitrogen and oxygen atoms in total. The van der Waals surface area contributed by atoms with E-state index in [1.807, 2.05) is 19.1 Å². The minimum absolute atomic E-state index is 0.0888. The van der Waals surface area contributed by atoms with Crippen LogP contribution in [-0.2, 0) is 4.79 Å². The lowest BCUT2D eigenvalue weighted by molar-refractivity contribution is -0.104. The zero-order valence-electron chi connectivity index (χ0n) is 11.3. The first-order valence-electron chi connectivity index (χ1n) is 5.92. The largest absolute Gasteiger partial charge is 0.298 e. The number of hydrogen-bond acceptors (Lipinski definition) is 1. The van der Waals surface area contributed by atoms with Crippen molar-refractivity contribution in [2.75, 3.05) is 5.88 Å². The average Bonchev–Trinajstić information content (AvgIpc) is 2.26. The Bertz CT molecular complexity index is 322. The third-order valence-electron chi connectivity index (χ3n) is 2.57. The van der Waals surface area contributed by atoms with Gasteiger partial charge < -0.3 is 0 Å². The normalized spacial score (nSPS) is 14.4. The Kier molecular flexibility index (Phi) is 7.90. The molecular formula is C15H23ClO. The zero-order valence-corrected chi connectivity index (χ0v) is 12.1. The Balaban J connectivity index is 4.29. The standard InChI is InChI=1S/C15H23ClO/c1-13(8-11-16)6-5-9-15(3,4)10-7-14(2)12-17/h5,7-9,12H,6,10-11H2,1-4H3/b9-5?,13-8+,14-7+. The lowest BCUT2D eigenvalue weighted by Gasteiger charge is -2.18. The summed E-state index contributed by atoms with van der Waals surface area (Å²) in [4.78, 5) is 10.5. The van der Waals surface area contributed by atoms with E-state index in [-0.39, 0.29) is 5.41 Å². The van der Waals surface area contributed by atoms with Crippen LogP contribution in [0.1, 0.15) is 40.5 Å². The summed E-state index contributed by atoms with van der Waals surface area (Å²) in [5, 5.41) is 0. The Morgan fingerprint density at radius 1 is 1.24 bits per heavy atom. The highest BCUT2D eigenvalue weighted by molar-refractivity contribution is 6.18. The summed E-state index contributed by atoms with van der Waals surface area (Å²) >= 11 is 5.62. The molecule has 2 heteroatoms. The molecule has 0 aromatic rings. The smallest absolute Gasteiger partial charge is 0.145 e. The van der Waals surface area contributed by atoms with Crippen molar-refractivity contribution >= 4 is 17.9 Å². The van der Waals surface area contributed by atoms with Gasteiger partial charge in [0, 0.05) is 5.88 Å². The quantitative estimate of drug-likeness (QED) is 0.279. The van der Waals surface area contributed by atoms with Crippen LogP contribution in [0.5, 0.6) is 0 Å². The topological polar surface area (TPSA) is 17.1 Å². The predicted molar refractivity (Wildman–Crippen MR) is 76.5 cm³/mol. The molecule has 0 bridgehead atoms. The molecule has 17 heavy (non-hydrogen) atoms. The SMILES string of the molecule is C/C(C=O)=C\CC(C)(C)C=CC/C(C)=C/CCl. The third-order valence-corrected chi connectivity index (χ3v) is 2.72. The van der Waals surface area contributed by atoms with Gasteiger partial charge in [0.2, 0.25) is 0 Å². The summed E-state index contributed by atoms with van der Waals surface area (Å²) < 4.78 is 0. The van der Waals surface area contributed by atoms with Crippen molar-refractivity contribution < 1.29 is 4.79 Å². The van der Waals surface area contributed by atoms with E-state index in [9.17, 15) is 4.79 Å². The highest BCUT2D eigenvalue weighted by Gasteiger charge is 2.11. The molecule has 0 unspecified atom stereocenters. The van der Waals surface area contributed by atoms with E-state index < -0.39 is 0 Å². The van der Waals surface area contributed by atoms with Crippen LogP contribution in [0.3, 0.4) is 0 Å². The molecule has 0 amide bonds. The first-order chi connectivity index (χ1) is 7.91. The molecule has 0 atom stereocenters. The second-order valence-electron chi connectivity index (χ2n) is 5.07. The first-order valence-corrected chi connectivity index (χ1v) is 6.46. The van der Waals surface area contributed by atoms with Crippen molar-refractivity contribution in [2.24, 2.45) is 5.41 Å². The van der Waals surface area contributed by atoms with Gasteiger partial charge in [-0.05, 0) is 37.7 Å². The van der Waals surface area contributed by atoms with E-state index in [2.05, 4.69) is 32.9 Å². The van der Waals surface area contributed by atoms with Crippen molar-refractivity contribution in [1.29, 1.82) is 0 Å². The molecule has 0 fully saturated rings. The van der Waals surface area contributed by atoms with Gasteiger partial charge in [0.15, 0.2) is 0 Å². The van der Waals surface area contributed by atoms with Crippen molar-refractivity contribution in [1.82, 2.24) is 0 Å². The number of carbonyl (C=O) groups excluding carboxylic acids is 1. The molecule has 0 aromatic carbocycles. The molecule has 0 N–H and O–H groups in total. The molecule has 0 aliphatic carbocycles. The average molecular weight is 255 g/mol. The number of rotatable bonds is 7. The Morgan fingerprint density at radius 2 is 1.88 bits per heavy atom. The van der Waals surface area contributed by atoms with Gasteiger partial charge in [0.25, 0.3) is 0 Å².